The molecular weight excluding hydrogens is 541 g/mol. The number of rotatable bonds is 9. The highest BCUT2D eigenvalue weighted by molar-refractivity contribution is 9.10. The predicted molar refractivity (Wildman–Crippen MR) is 135 cm³/mol. The summed E-state index contributed by atoms with van der Waals surface area (Å²) in [4.78, 5) is 12.6. The van der Waals surface area contributed by atoms with Gasteiger partial charge in [0.25, 0.3) is 15.9 Å². The molecule has 0 unspecified atom stereocenters. The SMILES string of the molecule is COc1cc(/C=N\NC(=O)CN(c2ccc(F)cc2)S(=O)(=O)c2ccc(C)cc2)cc(Br)c1OC. The molecule has 0 aliphatic rings. The zero-order valence-electron chi connectivity index (χ0n) is 19.2. The number of amides is 1. The number of aryl methyl sites for hydroxylation is 1. The lowest BCUT2D eigenvalue weighted by molar-refractivity contribution is -0.119. The fraction of sp³-hybridized carbons (Fsp3) is 0.167. The first kappa shape index (κ1) is 26.2. The lowest BCUT2D eigenvalue weighted by Gasteiger charge is -2.23. The molecule has 0 bridgehead atoms. The van der Waals surface area contributed by atoms with Crippen molar-refractivity contribution in [2.75, 3.05) is 25.1 Å². The average molecular weight is 564 g/mol. The predicted octanol–water partition coefficient (Wildman–Crippen LogP) is 4.26. The number of hydrogen-bond donors (Lipinski definition) is 1. The van der Waals surface area contributed by atoms with E-state index in [-0.39, 0.29) is 10.6 Å². The van der Waals surface area contributed by atoms with Crippen molar-refractivity contribution < 1.29 is 27.1 Å². The summed E-state index contributed by atoms with van der Waals surface area (Å²) in [5.74, 6) is -0.261. The van der Waals surface area contributed by atoms with Gasteiger partial charge in [-0.3, -0.25) is 9.10 Å². The monoisotopic (exact) mass is 563 g/mol. The van der Waals surface area contributed by atoms with Gasteiger partial charge in [0.05, 0.1) is 35.5 Å². The van der Waals surface area contributed by atoms with Crippen LogP contribution in [0.15, 0.2) is 75.1 Å². The van der Waals surface area contributed by atoms with E-state index in [1.807, 2.05) is 6.92 Å². The number of sulfonamides is 1. The fourth-order valence-corrected chi connectivity index (χ4v) is 5.16. The van der Waals surface area contributed by atoms with Crippen LogP contribution in [0.1, 0.15) is 11.1 Å². The number of anilines is 1. The van der Waals surface area contributed by atoms with Crippen molar-refractivity contribution in [3.63, 3.8) is 0 Å². The molecule has 0 fully saturated rings. The smallest absolute Gasteiger partial charge is 0.264 e. The summed E-state index contributed by atoms with van der Waals surface area (Å²) < 4.78 is 52.1. The van der Waals surface area contributed by atoms with Crippen molar-refractivity contribution in [2.45, 2.75) is 11.8 Å². The Hall–Kier alpha value is -3.44. The van der Waals surface area contributed by atoms with E-state index in [9.17, 15) is 17.6 Å². The quantitative estimate of drug-likeness (QED) is 0.310. The second kappa shape index (κ2) is 11.3. The molecule has 3 aromatic rings. The molecule has 0 radical (unpaired) electrons. The van der Waals surface area contributed by atoms with Gasteiger partial charge in [-0.15, -0.1) is 0 Å². The van der Waals surface area contributed by atoms with Crippen LogP contribution >= 0.6 is 15.9 Å². The fourth-order valence-electron chi connectivity index (χ4n) is 3.12. The number of nitrogens with one attached hydrogen (secondary N) is 1. The summed E-state index contributed by atoms with van der Waals surface area (Å²) in [5, 5.41) is 3.92. The third kappa shape index (κ3) is 6.37. The maximum Gasteiger partial charge on any atom is 0.264 e. The number of hydrazone groups is 1. The molecule has 1 amide bonds. The van der Waals surface area contributed by atoms with Crippen LogP contribution in [0.4, 0.5) is 10.1 Å². The van der Waals surface area contributed by atoms with Gasteiger partial charge in [-0.25, -0.2) is 18.2 Å². The zero-order chi connectivity index (χ0) is 25.6. The standard InChI is InChI=1S/C24H23BrFN3O5S/c1-16-4-10-20(11-5-16)35(31,32)29(19-8-6-18(26)7-9-19)15-23(30)28-27-14-17-12-21(25)24(34-3)22(13-17)33-2/h4-14H,15H2,1-3H3,(H,28,30)/b27-14-. The summed E-state index contributed by atoms with van der Waals surface area (Å²) >= 11 is 3.38. The average Bonchev–Trinajstić information content (AvgIpc) is 2.83. The van der Waals surface area contributed by atoms with E-state index in [4.69, 9.17) is 9.47 Å². The molecule has 0 saturated carbocycles. The van der Waals surface area contributed by atoms with Crippen molar-refractivity contribution in [1.82, 2.24) is 5.43 Å². The molecule has 11 heteroatoms. The van der Waals surface area contributed by atoms with E-state index in [0.29, 0.717) is 21.5 Å². The Labute approximate surface area is 211 Å². The Bertz CT molecular complexity index is 1330. The van der Waals surface area contributed by atoms with Crippen molar-refractivity contribution in [3.8, 4) is 11.5 Å². The summed E-state index contributed by atoms with van der Waals surface area (Å²) in [6.45, 7) is 1.26. The first-order chi connectivity index (χ1) is 16.6. The zero-order valence-corrected chi connectivity index (χ0v) is 21.6. The summed E-state index contributed by atoms with van der Waals surface area (Å²) in [5.41, 5.74) is 3.93. The topological polar surface area (TPSA) is 97.3 Å². The van der Waals surface area contributed by atoms with E-state index in [0.717, 1.165) is 22.0 Å². The molecule has 0 atom stereocenters. The molecule has 184 valence electrons. The minimum absolute atomic E-state index is 0.00101. The Balaban J connectivity index is 1.83. The Morgan fingerprint density at radius 1 is 1.09 bits per heavy atom. The highest BCUT2D eigenvalue weighted by Crippen LogP contribution is 2.35. The molecule has 0 aliphatic carbocycles. The van der Waals surface area contributed by atoms with Gasteiger partial charge in [0.15, 0.2) is 11.5 Å². The highest BCUT2D eigenvalue weighted by Gasteiger charge is 2.27. The molecule has 0 aromatic heterocycles. The van der Waals surface area contributed by atoms with Gasteiger partial charge >= 0.3 is 0 Å². The number of carbonyl (C=O) groups is 1. The second-order valence-corrected chi connectivity index (χ2v) is 10.0. The molecule has 8 nitrogen and oxygen atoms in total. The van der Waals surface area contributed by atoms with E-state index in [2.05, 4.69) is 26.5 Å². The number of benzene rings is 3. The van der Waals surface area contributed by atoms with Gasteiger partial charge in [0.2, 0.25) is 0 Å². The third-order valence-corrected chi connectivity index (χ3v) is 7.25. The van der Waals surface area contributed by atoms with Crippen LogP contribution in [0.5, 0.6) is 11.5 Å². The van der Waals surface area contributed by atoms with Crippen LogP contribution < -0.4 is 19.2 Å². The van der Waals surface area contributed by atoms with Crippen molar-refractivity contribution in [1.29, 1.82) is 0 Å². The molecule has 0 heterocycles. The highest BCUT2D eigenvalue weighted by atomic mass is 79.9. The van der Waals surface area contributed by atoms with Gasteiger partial charge in [-0.05, 0) is 76.9 Å². The van der Waals surface area contributed by atoms with Gasteiger partial charge in [-0.1, -0.05) is 17.7 Å². The molecule has 0 spiro atoms. The Morgan fingerprint density at radius 3 is 2.34 bits per heavy atom. The van der Waals surface area contributed by atoms with Crippen LogP contribution in [0.2, 0.25) is 0 Å². The molecule has 3 aromatic carbocycles. The maximum atomic E-state index is 13.4. The molecule has 3 rings (SSSR count). The summed E-state index contributed by atoms with van der Waals surface area (Å²) in [6, 6.07) is 14.4. The maximum absolute atomic E-state index is 13.4. The van der Waals surface area contributed by atoms with Crippen LogP contribution in [-0.4, -0.2) is 41.3 Å². The number of hydrogen-bond acceptors (Lipinski definition) is 6. The van der Waals surface area contributed by atoms with Crippen LogP contribution in [0.25, 0.3) is 0 Å². The first-order valence-corrected chi connectivity index (χ1v) is 12.5. The molecule has 1 N–H and O–H groups in total. The summed E-state index contributed by atoms with van der Waals surface area (Å²) in [6.07, 6.45) is 1.38. The van der Waals surface area contributed by atoms with Crippen LogP contribution in [-0.2, 0) is 14.8 Å². The minimum atomic E-state index is -4.12. The van der Waals surface area contributed by atoms with E-state index in [1.54, 1.807) is 24.3 Å². The van der Waals surface area contributed by atoms with E-state index < -0.39 is 28.3 Å². The van der Waals surface area contributed by atoms with Gasteiger partial charge < -0.3 is 9.47 Å². The first-order valence-electron chi connectivity index (χ1n) is 10.2. The lowest BCUT2D eigenvalue weighted by atomic mass is 10.2. The lowest BCUT2D eigenvalue weighted by Crippen LogP contribution is -2.39. The van der Waals surface area contributed by atoms with Gasteiger partial charge in [-0.2, -0.15) is 5.10 Å². The number of carbonyl (C=O) groups excluding carboxylic acids is 1. The van der Waals surface area contributed by atoms with E-state index in [1.165, 1.54) is 44.7 Å². The van der Waals surface area contributed by atoms with Crippen molar-refractivity contribution in [3.05, 3.63) is 82.1 Å². The van der Waals surface area contributed by atoms with Crippen molar-refractivity contribution in [2.24, 2.45) is 5.10 Å². The number of halogens is 2. The Morgan fingerprint density at radius 2 is 1.74 bits per heavy atom. The summed E-state index contributed by atoms with van der Waals surface area (Å²) in [7, 11) is -1.12. The molecule has 0 aliphatic heterocycles. The van der Waals surface area contributed by atoms with Crippen LogP contribution in [0, 0.1) is 12.7 Å². The van der Waals surface area contributed by atoms with Crippen molar-refractivity contribution >= 4 is 43.8 Å². The van der Waals surface area contributed by atoms with Gasteiger partial charge in [0, 0.05) is 0 Å². The normalized spacial score (nSPS) is 11.3. The third-order valence-electron chi connectivity index (χ3n) is 4.87. The largest absolute Gasteiger partial charge is 0.493 e. The number of nitrogens with zero attached hydrogens (tertiary/aromatic N) is 2. The molecular formula is C24H23BrFN3O5S. The Kier molecular flexibility index (Phi) is 8.47. The molecule has 35 heavy (non-hydrogen) atoms. The number of ether oxygens (including phenoxy) is 2. The van der Waals surface area contributed by atoms with Crippen LogP contribution in [0.3, 0.4) is 0 Å². The second-order valence-electron chi connectivity index (χ2n) is 7.33. The molecule has 0 saturated heterocycles. The minimum Gasteiger partial charge on any atom is -0.493 e. The van der Waals surface area contributed by atoms with Gasteiger partial charge in [0.1, 0.15) is 12.4 Å². The van der Waals surface area contributed by atoms with E-state index >= 15 is 0 Å². The number of methoxy groups -OCH3 is 2.